The molecule has 2 rings (SSSR count). The summed E-state index contributed by atoms with van der Waals surface area (Å²) < 4.78 is 0. The third-order valence-corrected chi connectivity index (χ3v) is 4.61. The smallest absolute Gasteiger partial charge is 0.141 e. The van der Waals surface area contributed by atoms with Gasteiger partial charge in [0.25, 0.3) is 0 Å². The van der Waals surface area contributed by atoms with E-state index in [1.54, 1.807) is 0 Å². The van der Waals surface area contributed by atoms with Crippen molar-refractivity contribution in [2.75, 3.05) is 13.1 Å². The SMILES string of the molecule is CC1CCCC(C(=O)C2(C)CCNCC2)C1. The highest BCUT2D eigenvalue weighted by atomic mass is 16.1. The summed E-state index contributed by atoms with van der Waals surface area (Å²) in [7, 11) is 0. The summed E-state index contributed by atoms with van der Waals surface area (Å²) in [6.07, 6.45) is 6.94. The molecule has 1 saturated heterocycles. The Bertz CT molecular complexity index is 255. The Morgan fingerprint density at radius 1 is 1.25 bits per heavy atom. The molecule has 92 valence electrons. The molecule has 1 aliphatic heterocycles. The van der Waals surface area contributed by atoms with Gasteiger partial charge >= 0.3 is 0 Å². The van der Waals surface area contributed by atoms with Crippen molar-refractivity contribution in [2.45, 2.75) is 52.4 Å². The summed E-state index contributed by atoms with van der Waals surface area (Å²) in [6.45, 7) is 6.52. The minimum Gasteiger partial charge on any atom is -0.317 e. The van der Waals surface area contributed by atoms with Crippen molar-refractivity contribution < 1.29 is 4.79 Å². The van der Waals surface area contributed by atoms with E-state index in [0.29, 0.717) is 11.7 Å². The van der Waals surface area contributed by atoms with Gasteiger partial charge in [0.05, 0.1) is 0 Å². The predicted octanol–water partition coefficient (Wildman–Crippen LogP) is 2.77. The Morgan fingerprint density at radius 2 is 1.94 bits per heavy atom. The normalized spacial score (nSPS) is 34.6. The monoisotopic (exact) mass is 223 g/mol. The highest BCUT2D eigenvalue weighted by Gasteiger charge is 2.39. The molecule has 1 saturated carbocycles. The lowest BCUT2D eigenvalue weighted by Gasteiger charge is -2.37. The molecule has 0 bridgehead atoms. The van der Waals surface area contributed by atoms with E-state index >= 15 is 0 Å². The Morgan fingerprint density at radius 3 is 2.56 bits per heavy atom. The lowest BCUT2D eigenvalue weighted by molar-refractivity contribution is -0.135. The first-order valence-electron chi connectivity index (χ1n) is 6.87. The first-order valence-corrected chi connectivity index (χ1v) is 6.87. The van der Waals surface area contributed by atoms with E-state index < -0.39 is 0 Å². The lowest BCUT2D eigenvalue weighted by atomic mass is 9.68. The molecule has 1 aliphatic carbocycles. The maximum absolute atomic E-state index is 12.6. The van der Waals surface area contributed by atoms with E-state index in [9.17, 15) is 4.79 Å². The molecule has 2 atom stereocenters. The molecule has 0 aromatic heterocycles. The van der Waals surface area contributed by atoms with Gasteiger partial charge in [0, 0.05) is 11.3 Å². The molecule has 0 amide bonds. The van der Waals surface area contributed by atoms with Crippen LogP contribution in [0.4, 0.5) is 0 Å². The largest absolute Gasteiger partial charge is 0.317 e. The van der Waals surface area contributed by atoms with Crippen molar-refractivity contribution in [3.63, 3.8) is 0 Å². The minimum atomic E-state index is -0.0209. The zero-order chi connectivity index (χ0) is 11.6. The number of ketones is 1. The fraction of sp³-hybridized carbons (Fsp3) is 0.929. The van der Waals surface area contributed by atoms with Crippen LogP contribution in [0.3, 0.4) is 0 Å². The Hall–Kier alpha value is -0.370. The van der Waals surface area contributed by atoms with Crippen molar-refractivity contribution >= 4 is 5.78 Å². The van der Waals surface area contributed by atoms with Crippen LogP contribution in [0.5, 0.6) is 0 Å². The quantitative estimate of drug-likeness (QED) is 0.780. The second kappa shape index (κ2) is 4.87. The Labute approximate surface area is 99.2 Å². The van der Waals surface area contributed by atoms with Crippen LogP contribution in [-0.2, 0) is 4.79 Å². The van der Waals surface area contributed by atoms with Crippen molar-refractivity contribution in [1.29, 1.82) is 0 Å². The van der Waals surface area contributed by atoms with E-state index in [-0.39, 0.29) is 5.41 Å². The number of carbonyl (C=O) groups is 1. The van der Waals surface area contributed by atoms with E-state index in [1.807, 2.05) is 0 Å². The summed E-state index contributed by atoms with van der Waals surface area (Å²) in [6, 6.07) is 0. The molecule has 2 nitrogen and oxygen atoms in total. The number of rotatable bonds is 2. The zero-order valence-corrected chi connectivity index (χ0v) is 10.7. The van der Waals surface area contributed by atoms with Gasteiger partial charge in [-0.2, -0.15) is 0 Å². The van der Waals surface area contributed by atoms with Crippen LogP contribution in [0.25, 0.3) is 0 Å². The minimum absolute atomic E-state index is 0.0209. The molecule has 2 heteroatoms. The summed E-state index contributed by atoms with van der Waals surface area (Å²) in [5.41, 5.74) is -0.0209. The molecule has 2 unspecified atom stereocenters. The van der Waals surface area contributed by atoms with Gasteiger partial charge in [-0.3, -0.25) is 4.79 Å². The van der Waals surface area contributed by atoms with Gasteiger partial charge in [0.2, 0.25) is 0 Å². The fourth-order valence-corrected chi connectivity index (χ4v) is 3.39. The molecule has 0 radical (unpaired) electrons. The summed E-state index contributed by atoms with van der Waals surface area (Å²) in [5.74, 6) is 1.69. The molecule has 0 spiro atoms. The van der Waals surface area contributed by atoms with Crippen LogP contribution in [0, 0.1) is 17.3 Å². The Kier molecular flexibility index (Phi) is 3.68. The highest BCUT2D eigenvalue weighted by Crippen LogP contribution is 2.38. The van der Waals surface area contributed by atoms with Crippen LogP contribution in [-0.4, -0.2) is 18.9 Å². The van der Waals surface area contributed by atoms with Gasteiger partial charge in [-0.1, -0.05) is 26.7 Å². The molecular formula is C14H25NO. The standard InChI is InChI=1S/C14H25NO/c1-11-4-3-5-12(10-11)13(16)14(2)6-8-15-9-7-14/h11-12,15H,3-10H2,1-2H3. The molecule has 0 aromatic rings. The molecule has 2 fully saturated rings. The molecule has 2 aliphatic rings. The van der Waals surface area contributed by atoms with Crippen molar-refractivity contribution in [2.24, 2.45) is 17.3 Å². The summed E-state index contributed by atoms with van der Waals surface area (Å²) in [5, 5.41) is 3.35. The van der Waals surface area contributed by atoms with Crippen LogP contribution < -0.4 is 5.32 Å². The van der Waals surface area contributed by atoms with Crippen LogP contribution in [0.1, 0.15) is 52.4 Å². The van der Waals surface area contributed by atoms with E-state index in [2.05, 4.69) is 19.2 Å². The van der Waals surface area contributed by atoms with Crippen molar-refractivity contribution in [3.05, 3.63) is 0 Å². The van der Waals surface area contributed by atoms with E-state index in [1.165, 1.54) is 12.8 Å². The van der Waals surface area contributed by atoms with Crippen LogP contribution in [0.2, 0.25) is 0 Å². The van der Waals surface area contributed by atoms with Crippen molar-refractivity contribution in [3.8, 4) is 0 Å². The first kappa shape index (κ1) is 12.1. The zero-order valence-electron chi connectivity index (χ0n) is 10.7. The second-order valence-corrected chi connectivity index (χ2v) is 6.14. The average Bonchev–Trinajstić information content (AvgIpc) is 2.29. The molecule has 16 heavy (non-hydrogen) atoms. The van der Waals surface area contributed by atoms with Crippen LogP contribution >= 0.6 is 0 Å². The van der Waals surface area contributed by atoms with Crippen molar-refractivity contribution in [1.82, 2.24) is 5.32 Å². The Balaban J connectivity index is 1.99. The van der Waals surface area contributed by atoms with Gasteiger partial charge in [0.15, 0.2) is 0 Å². The number of nitrogens with one attached hydrogen (secondary N) is 1. The topological polar surface area (TPSA) is 29.1 Å². The van der Waals surface area contributed by atoms with E-state index in [4.69, 9.17) is 0 Å². The molecule has 1 heterocycles. The molecule has 1 N–H and O–H groups in total. The maximum atomic E-state index is 12.6. The number of hydrogen-bond acceptors (Lipinski definition) is 2. The lowest BCUT2D eigenvalue weighted by Crippen LogP contribution is -2.43. The van der Waals surface area contributed by atoms with E-state index in [0.717, 1.165) is 44.7 Å². The summed E-state index contributed by atoms with van der Waals surface area (Å²) >= 11 is 0. The van der Waals surface area contributed by atoms with Gasteiger partial charge in [-0.15, -0.1) is 0 Å². The number of piperidine rings is 1. The third-order valence-electron chi connectivity index (χ3n) is 4.61. The maximum Gasteiger partial charge on any atom is 0.141 e. The fourth-order valence-electron chi connectivity index (χ4n) is 3.39. The highest BCUT2D eigenvalue weighted by molar-refractivity contribution is 5.86. The molecular weight excluding hydrogens is 198 g/mol. The predicted molar refractivity (Wildman–Crippen MR) is 66.3 cm³/mol. The van der Waals surface area contributed by atoms with Gasteiger partial charge < -0.3 is 5.32 Å². The number of Topliss-reactive ketones (excluding diaryl/α,β-unsaturated/α-hetero) is 1. The molecule has 0 aromatic carbocycles. The summed E-state index contributed by atoms with van der Waals surface area (Å²) in [4.78, 5) is 12.6. The van der Waals surface area contributed by atoms with Gasteiger partial charge in [0.1, 0.15) is 5.78 Å². The van der Waals surface area contributed by atoms with Gasteiger partial charge in [-0.05, 0) is 44.7 Å². The number of hydrogen-bond donors (Lipinski definition) is 1. The second-order valence-electron chi connectivity index (χ2n) is 6.14. The number of carbonyl (C=O) groups excluding carboxylic acids is 1. The van der Waals surface area contributed by atoms with Gasteiger partial charge in [-0.25, -0.2) is 0 Å². The first-order chi connectivity index (χ1) is 7.62. The average molecular weight is 223 g/mol. The third kappa shape index (κ3) is 2.48. The van der Waals surface area contributed by atoms with Crippen LogP contribution in [0.15, 0.2) is 0 Å².